The number of aromatic nitrogens is 1. The van der Waals surface area contributed by atoms with Crippen molar-refractivity contribution in [2.24, 2.45) is 0 Å². The molecule has 9 heteroatoms. The third-order valence-corrected chi connectivity index (χ3v) is 7.49. The van der Waals surface area contributed by atoms with Gasteiger partial charge in [-0.15, -0.1) is 11.8 Å². The fourth-order valence-electron chi connectivity index (χ4n) is 2.41. The van der Waals surface area contributed by atoms with Gasteiger partial charge in [0.05, 0.1) is 27.2 Å². The SMILES string of the molecule is CCN(C(=O)CSc1sc(N)nc1C)C1CCS(=O)(=O)C1. The van der Waals surface area contributed by atoms with Crippen LogP contribution in [-0.2, 0) is 14.6 Å². The summed E-state index contributed by atoms with van der Waals surface area (Å²) in [7, 11) is -2.98. The van der Waals surface area contributed by atoms with E-state index in [9.17, 15) is 13.2 Å². The normalized spacial score (nSPS) is 20.6. The number of nitrogens with two attached hydrogens (primary N) is 1. The third kappa shape index (κ3) is 4.10. The lowest BCUT2D eigenvalue weighted by molar-refractivity contribution is -0.129. The van der Waals surface area contributed by atoms with E-state index >= 15 is 0 Å². The Labute approximate surface area is 133 Å². The molecule has 2 heterocycles. The molecule has 0 spiro atoms. The number of aryl methyl sites for hydroxylation is 1. The molecular formula is C12H19N3O3S3. The van der Waals surface area contributed by atoms with E-state index in [4.69, 9.17) is 5.73 Å². The summed E-state index contributed by atoms with van der Waals surface area (Å²) in [6, 6.07) is -0.180. The molecule has 0 saturated carbocycles. The number of hydrogen-bond acceptors (Lipinski definition) is 7. The zero-order valence-corrected chi connectivity index (χ0v) is 14.5. The Kier molecular flexibility index (Phi) is 5.15. The van der Waals surface area contributed by atoms with Crippen molar-refractivity contribution < 1.29 is 13.2 Å². The van der Waals surface area contributed by atoms with E-state index in [1.807, 2.05) is 13.8 Å². The number of sulfone groups is 1. The second kappa shape index (κ2) is 6.53. The minimum atomic E-state index is -2.98. The highest BCUT2D eigenvalue weighted by molar-refractivity contribution is 8.01. The molecule has 0 aromatic carbocycles. The second-order valence-electron chi connectivity index (χ2n) is 4.95. The van der Waals surface area contributed by atoms with Crippen molar-refractivity contribution in [1.29, 1.82) is 0 Å². The number of rotatable bonds is 5. The van der Waals surface area contributed by atoms with E-state index in [2.05, 4.69) is 4.98 Å². The van der Waals surface area contributed by atoms with Gasteiger partial charge in [0, 0.05) is 12.6 Å². The highest BCUT2D eigenvalue weighted by Crippen LogP contribution is 2.31. The predicted molar refractivity (Wildman–Crippen MR) is 86.4 cm³/mol. The van der Waals surface area contributed by atoms with Gasteiger partial charge in [0.2, 0.25) is 5.91 Å². The molecule has 0 bridgehead atoms. The standard InChI is InChI=1S/C12H19N3O3S3/c1-3-15(9-4-5-21(17,18)7-9)10(16)6-19-11-8(2)14-12(13)20-11/h9H,3-7H2,1-2H3,(H2,13,14). The summed E-state index contributed by atoms with van der Waals surface area (Å²) >= 11 is 2.78. The number of amides is 1. The average molecular weight is 350 g/mol. The maximum Gasteiger partial charge on any atom is 0.233 e. The Balaban J connectivity index is 1.96. The molecule has 1 saturated heterocycles. The van der Waals surface area contributed by atoms with Crippen LogP contribution in [0.15, 0.2) is 4.21 Å². The van der Waals surface area contributed by atoms with Gasteiger partial charge in [0.15, 0.2) is 15.0 Å². The third-order valence-electron chi connectivity index (χ3n) is 3.41. The van der Waals surface area contributed by atoms with Crippen LogP contribution in [0.3, 0.4) is 0 Å². The fourth-order valence-corrected chi connectivity index (χ4v) is 6.05. The number of thioether (sulfide) groups is 1. The average Bonchev–Trinajstić information content (AvgIpc) is 2.90. The van der Waals surface area contributed by atoms with Crippen LogP contribution in [0.2, 0.25) is 0 Å². The van der Waals surface area contributed by atoms with E-state index in [0.717, 1.165) is 9.90 Å². The highest BCUT2D eigenvalue weighted by atomic mass is 32.2. The lowest BCUT2D eigenvalue weighted by Gasteiger charge is -2.26. The molecule has 2 rings (SSSR count). The van der Waals surface area contributed by atoms with E-state index in [1.54, 1.807) is 4.90 Å². The fraction of sp³-hybridized carbons (Fsp3) is 0.667. The minimum absolute atomic E-state index is 0.0315. The first-order valence-corrected chi connectivity index (χ1v) is 10.3. The first kappa shape index (κ1) is 16.6. The maximum atomic E-state index is 12.3. The van der Waals surface area contributed by atoms with Crippen LogP contribution in [0.1, 0.15) is 19.0 Å². The predicted octanol–water partition coefficient (Wildman–Crippen LogP) is 1.16. The molecule has 1 atom stereocenters. The van der Waals surface area contributed by atoms with Gasteiger partial charge < -0.3 is 10.6 Å². The molecule has 1 aliphatic rings. The molecule has 1 unspecified atom stereocenters. The highest BCUT2D eigenvalue weighted by Gasteiger charge is 2.33. The summed E-state index contributed by atoms with van der Waals surface area (Å²) in [5, 5.41) is 0.497. The molecule has 6 nitrogen and oxygen atoms in total. The summed E-state index contributed by atoms with van der Waals surface area (Å²) in [6.07, 6.45) is 0.541. The zero-order valence-electron chi connectivity index (χ0n) is 12.0. The Bertz CT molecular complexity index is 627. The minimum Gasteiger partial charge on any atom is -0.375 e. The summed E-state index contributed by atoms with van der Waals surface area (Å²) in [5.74, 6) is 0.520. The molecule has 1 aromatic heterocycles. The van der Waals surface area contributed by atoms with Gasteiger partial charge in [0.25, 0.3) is 0 Å². The van der Waals surface area contributed by atoms with E-state index < -0.39 is 9.84 Å². The van der Waals surface area contributed by atoms with Crippen LogP contribution >= 0.6 is 23.1 Å². The lowest BCUT2D eigenvalue weighted by atomic mass is 10.2. The van der Waals surface area contributed by atoms with Crippen LogP contribution in [-0.4, -0.2) is 54.1 Å². The van der Waals surface area contributed by atoms with Crippen molar-refractivity contribution >= 4 is 44.0 Å². The Morgan fingerprint density at radius 3 is 2.76 bits per heavy atom. The molecule has 2 N–H and O–H groups in total. The molecule has 118 valence electrons. The van der Waals surface area contributed by atoms with Gasteiger partial charge in [-0.25, -0.2) is 13.4 Å². The molecule has 1 aromatic rings. The summed E-state index contributed by atoms with van der Waals surface area (Å²) in [6.45, 7) is 4.27. The number of nitrogens with zero attached hydrogens (tertiary/aromatic N) is 2. The maximum absolute atomic E-state index is 12.3. The lowest BCUT2D eigenvalue weighted by Crippen LogP contribution is -2.41. The Morgan fingerprint density at radius 2 is 2.29 bits per heavy atom. The van der Waals surface area contributed by atoms with Crippen molar-refractivity contribution in [3.8, 4) is 0 Å². The van der Waals surface area contributed by atoms with Gasteiger partial charge in [-0.3, -0.25) is 4.79 Å². The molecule has 21 heavy (non-hydrogen) atoms. The zero-order chi connectivity index (χ0) is 15.6. The van der Waals surface area contributed by atoms with Crippen LogP contribution in [0.4, 0.5) is 5.13 Å². The van der Waals surface area contributed by atoms with Crippen molar-refractivity contribution in [3.05, 3.63) is 5.69 Å². The van der Waals surface area contributed by atoms with Crippen LogP contribution in [0, 0.1) is 6.92 Å². The first-order chi connectivity index (χ1) is 9.82. The van der Waals surface area contributed by atoms with Gasteiger partial charge in [-0.1, -0.05) is 11.3 Å². The van der Waals surface area contributed by atoms with Crippen molar-refractivity contribution in [1.82, 2.24) is 9.88 Å². The first-order valence-electron chi connectivity index (χ1n) is 6.68. The number of nitrogen functional groups attached to an aromatic ring is 1. The number of carbonyl (C=O) groups excluding carboxylic acids is 1. The van der Waals surface area contributed by atoms with Crippen molar-refractivity contribution in [2.75, 3.05) is 29.5 Å². The Morgan fingerprint density at radius 1 is 1.57 bits per heavy atom. The summed E-state index contributed by atoms with van der Waals surface area (Å²) in [5.41, 5.74) is 6.47. The van der Waals surface area contributed by atoms with Gasteiger partial charge in [0.1, 0.15) is 0 Å². The molecule has 0 radical (unpaired) electrons. The van der Waals surface area contributed by atoms with Gasteiger partial charge >= 0.3 is 0 Å². The monoisotopic (exact) mass is 349 g/mol. The summed E-state index contributed by atoms with van der Waals surface area (Å²) < 4.78 is 24.0. The van der Waals surface area contributed by atoms with E-state index in [0.29, 0.717) is 18.1 Å². The molecule has 1 aliphatic heterocycles. The van der Waals surface area contributed by atoms with E-state index in [-0.39, 0.29) is 29.2 Å². The topological polar surface area (TPSA) is 93.4 Å². The Hall–Kier alpha value is -0.800. The number of thiazole rings is 1. The smallest absolute Gasteiger partial charge is 0.233 e. The molecular weight excluding hydrogens is 330 g/mol. The largest absolute Gasteiger partial charge is 0.375 e. The van der Waals surface area contributed by atoms with Crippen molar-refractivity contribution in [3.63, 3.8) is 0 Å². The van der Waals surface area contributed by atoms with Gasteiger partial charge in [-0.2, -0.15) is 0 Å². The molecule has 1 fully saturated rings. The van der Waals surface area contributed by atoms with Gasteiger partial charge in [-0.05, 0) is 20.3 Å². The number of hydrogen-bond donors (Lipinski definition) is 1. The second-order valence-corrected chi connectivity index (χ2v) is 9.45. The summed E-state index contributed by atoms with van der Waals surface area (Å²) in [4.78, 5) is 18.1. The quantitative estimate of drug-likeness (QED) is 0.802. The van der Waals surface area contributed by atoms with E-state index in [1.165, 1.54) is 23.1 Å². The molecule has 1 amide bonds. The van der Waals surface area contributed by atoms with Crippen LogP contribution in [0.25, 0.3) is 0 Å². The van der Waals surface area contributed by atoms with Crippen LogP contribution < -0.4 is 5.73 Å². The van der Waals surface area contributed by atoms with Crippen molar-refractivity contribution in [2.45, 2.75) is 30.5 Å². The molecule has 0 aliphatic carbocycles. The van der Waals surface area contributed by atoms with Crippen LogP contribution in [0.5, 0.6) is 0 Å². The number of carbonyl (C=O) groups is 1. The number of anilines is 1.